The number of hydrogen-bond acceptors (Lipinski definition) is 2. The van der Waals surface area contributed by atoms with Crippen molar-refractivity contribution in [2.45, 2.75) is 19.9 Å². The molecule has 0 amide bonds. The minimum atomic E-state index is 0.828. The summed E-state index contributed by atoms with van der Waals surface area (Å²) < 4.78 is 2.96. The van der Waals surface area contributed by atoms with E-state index < -0.39 is 0 Å². The highest BCUT2D eigenvalue weighted by molar-refractivity contribution is 9.10. The van der Waals surface area contributed by atoms with Crippen molar-refractivity contribution in [2.75, 3.05) is 6.54 Å². The first kappa shape index (κ1) is 12.3. The van der Waals surface area contributed by atoms with Gasteiger partial charge in [-0.2, -0.15) is 5.10 Å². The quantitative estimate of drug-likeness (QED) is 0.859. The molecule has 2 rings (SSSR count). The van der Waals surface area contributed by atoms with Crippen molar-refractivity contribution in [1.29, 1.82) is 0 Å². The second-order valence-corrected chi connectivity index (χ2v) is 4.82. The van der Waals surface area contributed by atoms with Crippen LogP contribution < -0.4 is 5.32 Å². The third kappa shape index (κ3) is 3.41. The van der Waals surface area contributed by atoms with Gasteiger partial charge in [-0.05, 0) is 37.2 Å². The Kier molecular flexibility index (Phi) is 4.34. The van der Waals surface area contributed by atoms with Crippen molar-refractivity contribution in [3.05, 3.63) is 46.7 Å². The van der Waals surface area contributed by atoms with Crippen LogP contribution in [0.5, 0.6) is 0 Å². The Balaban J connectivity index is 2.07. The first-order chi connectivity index (χ1) is 8.29. The van der Waals surface area contributed by atoms with E-state index in [1.807, 2.05) is 35.1 Å². The van der Waals surface area contributed by atoms with E-state index in [4.69, 9.17) is 0 Å². The third-order valence-electron chi connectivity index (χ3n) is 2.45. The minimum absolute atomic E-state index is 0.828. The lowest BCUT2D eigenvalue weighted by Gasteiger charge is -2.02. The zero-order valence-electron chi connectivity index (χ0n) is 9.86. The Morgan fingerprint density at radius 1 is 1.35 bits per heavy atom. The maximum atomic E-state index is 4.53. The average molecular weight is 294 g/mol. The van der Waals surface area contributed by atoms with Crippen LogP contribution in [-0.4, -0.2) is 16.3 Å². The topological polar surface area (TPSA) is 29.9 Å². The van der Waals surface area contributed by atoms with Gasteiger partial charge in [-0.15, -0.1) is 0 Å². The van der Waals surface area contributed by atoms with Crippen molar-refractivity contribution in [2.24, 2.45) is 0 Å². The van der Waals surface area contributed by atoms with Gasteiger partial charge in [0.1, 0.15) is 0 Å². The summed E-state index contributed by atoms with van der Waals surface area (Å²) in [4.78, 5) is 0. The van der Waals surface area contributed by atoms with E-state index in [0.717, 1.165) is 35.4 Å². The maximum Gasteiger partial charge on any atom is 0.0766 e. The number of aromatic nitrogens is 2. The van der Waals surface area contributed by atoms with Crippen molar-refractivity contribution >= 4 is 15.9 Å². The van der Waals surface area contributed by atoms with Gasteiger partial charge in [0, 0.05) is 17.2 Å². The predicted octanol–water partition coefficient (Wildman–Crippen LogP) is 3.13. The SMILES string of the molecule is CCCNCc1ccn(-c2cccc(Br)c2)n1. The van der Waals surface area contributed by atoms with Gasteiger partial charge >= 0.3 is 0 Å². The van der Waals surface area contributed by atoms with Crippen LogP contribution in [0.25, 0.3) is 5.69 Å². The van der Waals surface area contributed by atoms with Crippen molar-refractivity contribution in [1.82, 2.24) is 15.1 Å². The lowest BCUT2D eigenvalue weighted by Crippen LogP contribution is -2.14. The summed E-state index contributed by atoms with van der Waals surface area (Å²) in [6.45, 7) is 4.02. The van der Waals surface area contributed by atoms with Crippen LogP contribution in [0.2, 0.25) is 0 Å². The standard InChI is InChI=1S/C13H16BrN3/c1-2-7-15-10-12-6-8-17(16-12)13-5-3-4-11(14)9-13/h3-6,8-9,15H,2,7,10H2,1H3. The number of nitrogens with zero attached hydrogens (tertiary/aromatic N) is 2. The number of rotatable bonds is 5. The van der Waals surface area contributed by atoms with Crippen LogP contribution in [0.1, 0.15) is 19.0 Å². The van der Waals surface area contributed by atoms with Gasteiger partial charge in [0.2, 0.25) is 0 Å². The molecule has 90 valence electrons. The molecule has 1 N–H and O–H groups in total. The van der Waals surface area contributed by atoms with Gasteiger partial charge in [0.25, 0.3) is 0 Å². The Morgan fingerprint density at radius 3 is 3.00 bits per heavy atom. The molecular weight excluding hydrogens is 278 g/mol. The molecule has 0 saturated heterocycles. The largest absolute Gasteiger partial charge is 0.311 e. The Labute approximate surface area is 110 Å². The molecular formula is C13H16BrN3. The molecule has 0 fully saturated rings. The van der Waals surface area contributed by atoms with Crippen LogP contribution in [0, 0.1) is 0 Å². The van der Waals surface area contributed by atoms with Gasteiger partial charge in [-0.25, -0.2) is 4.68 Å². The molecule has 1 aromatic heterocycles. The first-order valence-corrected chi connectivity index (χ1v) is 6.60. The number of hydrogen-bond donors (Lipinski definition) is 1. The summed E-state index contributed by atoms with van der Waals surface area (Å²) in [6.07, 6.45) is 3.14. The van der Waals surface area contributed by atoms with Crippen LogP contribution in [0.4, 0.5) is 0 Å². The molecule has 0 atom stereocenters. The van der Waals surface area contributed by atoms with Gasteiger partial charge in [-0.1, -0.05) is 28.9 Å². The first-order valence-electron chi connectivity index (χ1n) is 5.81. The average Bonchev–Trinajstić information content (AvgIpc) is 2.78. The molecule has 2 aromatic rings. The molecule has 0 saturated carbocycles. The second kappa shape index (κ2) is 5.98. The molecule has 3 nitrogen and oxygen atoms in total. The predicted molar refractivity (Wildman–Crippen MR) is 73.3 cm³/mol. The van der Waals surface area contributed by atoms with Gasteiger partial charge in [0.05, 0.1) is 11.4 Å². The molecule has 0 bridgehead atoms. The summed E-state index contributed by atoms with van der Waals surface area (Å²) in [7, 11) is 0. The van der Waals surface area contributed by atoms with E-state index in [2.05, 4.69) is 39.3 Å². The Hall–Kier alpha value is -1.13. The molecule has 1 aromatic carbocycles. The monoisotopic (exact) mass is 293 g/mol. The normalized spacial score (nSPS) is 10.7. The lowest BCUT2D eigenvalue weighted by atomic mass is 10.3. The fourth-order valence-electron chi connectivity index (χ4n) is 1.61. The smallest absolute Gasteiger partial charge is 0.0766 e. The van der Waals surface area contributed by atoms with Crippen LogP contribution in [0.3, 0.4) is 0 Å². The van der Waals surface area contributed by atoms with Crippen LogP contribution in [-0.2, 0) is 6.54 Å². The fourth-order valence-corrected chi connectivity index (χ4v) is 2.00. The van der Waals surface area contributed by atoms with E-state index in [9.17, 15) is 0 Å². The van der Waals surface area contributed by atoms with E-state index in [0.29, 0.717) is 0 Å². The second-order valence-electron chi connectivity index (χ2n) is 3.91. The fraction of sp³-hybridized carbons (Fsp3) is 0.308. The highest BCUT2D eigenvalue weighted by atomic mass is 79.9. The Bertz CT molecular complexity index is 479. The molecule has 0 radical (unpaired) electrons. The van der Waals surface area contributed by atoms with Gasteiger partial charge < -0.3 is 5.32 Å². The number of benzene rings is 1. The highest BCUT2D eigenvalue weighted by Gasteiger charge is 2.01. The third-order valence-corrected chi connectivity index (χ3v) is 2.94. The summed E-state index contributed by atoms with van der Waals surface area (Å²) in [5.41, 5.74) is 2.14. The molecule has 0 aliphatic heterocycles. The summed E-state index contributed by atoms with van der Waals surface area (Å²) in [5, 5.41) is 7.87. The highest BCUT2D eigenvalue weighted by Crippen LogP contribution is 2.14. The van der Waals surface area contributed by atoms with Gasteiger partial charge in [-0.3, -0.25) is 0 Å². The Morgan fingerprint density at radius 2 is 2.24 bits per heavy atom. The molecule has 4 heteroatoms. The number of nitrogens with one attached hydrogen (secondary N) is 1. The van der Waals surface area contributed by atoms with Crippen LogP contribution >= 0.6 is 15.9 Å². The van der Waals surface area contributed by atoms with Crippen molar-refractivity contribution < 1.29 is 0 Å². The van der Waals surface area contributed by atoms with E-state index in [-0.39, 0.29) is 0 Å². The van der Waals surface area contributed by atoms with E-state index in [1.165, 1.54) is 0 Å². The van der Waals surface area contributed by atoms with Gasteiger partial charge in [0.15, 0.2) is 0 Å². The maximum absolute atomic E-state index is 4.53. The summed E-state index contributed by atoms with van der Waals surface area (Å²) in [6, 6.07) is 10.2. The van der Waals surface area contributed by atoms with Crippen LogP contribution in [0.15, 0.2) is 41.0 Å². The summed E-state index contributed by atoms with van der Waals surface area (Å²) in [5.74, 6) is 0. The van der Waals surface area contributed by atoms with E-state index >= 15 is 0 Å². The molecule has 17 heavy (non-hydrogen) atoms. The lowest BCUT2D eigenvalue weighted by molar-refractivity contribution is 0.656. The minimum Gasteiger partial charge on any atom is -0.311 e. The molecule has 0 aliphatic carbocycles. The molecule has 1 heterocycles. The summed E-state index contributed by atoms with van der Waals surface area (Å²) >= 11 is 3.46. The zero-order chi connectivity index (χ0) is 12.1. The molecule has 0 unspecified atom stereocenters. The van der Waals surface area contributed by atoms with E-state index in [1.54, 1.807) is 0 Å². The zero-order valence-corrected chi connectivity index (χ0v) is 11.4. The van der Waals surface area contributed by atoms with Crippen molar-refractivity contribution in [3.8, 4) is 5.69 Å². The molecule has 0 aliphatic rings. The number of halogens is 1. The molecule has 0 spiro atoms. The van der Waals surface area contributed by atoms with Crippen molar-refractivity contribution in [3.63, 3.8) is 0 Å².